The van der Waals surface area contributed by atoms with Gasteiger partial charge >= 0.3 is 6.18 Å². The number of piperidine rings is 3. The average Bonchev–Trinajstić information content (AvgIpc) is 3.63. The molecule has 1 atom stereocenters. The van der Waals surface area contributed by atoms with Gasteiger partial charge in [-0.2, -0.15) is 28.4 Å². The van der Waals surface area contributed by atoms with Gasteiger partial charge in [0.15, 0.2) is 5.65 Å². The van der Waals surface area contributed by atoms with E-state index in [1.165, 1.54) is 22.3 Å². The Balaban J connectivity index is 0.860. The lowest BCUT2D eigenvalue weighted by molar-refractivity contribution is -0.142. The lowest BCUT2D eigenvalue weighted by Gasteiger charge is -2.33. The van der Waals surface area contributed by atoms with E-state index in [9.17, 15) is 31.2 Å². The molecule has 51 heavy (non-hydrogen) atoms. The Morgan fingerprint density at radius 1 is 1.02 bits per heavy atom. The maximum Gasteiger partial charge on any atom is 0.408 e. The molecule has 0 radical (unpaired) electrons. The van der Waals surface area contributed by atoms with Crippen LogP contribution >= 0.6 is 0 Å². The molecule has 0 bridgehead atoms. The number of rotatable bonds is 10. The Hall–Kier alpha value is -4.16. The Morgan fingerprint density at radius 3 is 2.51 bits per heavy atom. The highest BCUT2D eigenvalue weighted by Gasteiger charge is 2.33. The van der Waals surface area contributed by atoms with Crippen molar-refractivity contribution < 1.29 is 31.2 Å². The molecule has 1 unspecified atom stereocenters. The fraction of sp³-hybridized carbons (Fsp3) is 0.576. The number of nitrogens with one attached hydrogen (secondary N) is 2. The number of halogens is 3. The number of likely N-dealkylation sites (tertiary alicyclic amines) is 1. The second-order valence-corrected chi connectivity index (χ2v) is 15.9. The summed E-state index contributed by atoms with van der Waals surface area (Å²) < 4.78 is 69.2. The summed E-state index contributed by atoms with van der Waals surface area (Å²) in [5, 5.41) is 15.3. The van der Waals surface area contributed by atoms with Crippen molar-refractivity contribution in [1.29, 1.82) is 0 Å². The molecule has 0 aliphatic carbocycles. The Labute approximate surface area is 292 Å². The Morgan fingerprint density at radius 2 is 1.78 bits per heavy atom. The predicted octanol–water partition coefficient (Wildman–Crippen LogP) is 3.27. The molecule has 2 amide bonds. The lowest BCUT2D eigenvalue weighted by Crippen LogP contribution is -2.44. The van der Waals surface area contributed by atoms with Crippen LogP contribution in [0.3, 0.4) is 0 Å². The number of amides is 2. The SMILES string of the molecule is Cn1nc(C2CCC(=O)NC2=O)c2ccc(C3CCN(CCCS(=O)(=O)N4CCC(Nc5ncc6cnn(CC(F)(F)F)c6n5)CC4)CC3)cc21. The maximum absolute atomic E-state index is 13.2. The molecule has 3 saturated heterocycles. The number of carbonyl (C=O) groups is 2. The summed E-state index contributed by atoms with van der Waals surface area (Å²) in [6.07, 6.45) is 2.55. The van der Waals surface area contributed by atoms with Crippen LogP contribution in [0.1, 0.15) is 68.0 Å². The van der Waals surface area contributed by atoms with E-state index in [-0.39, 0.29) is 35.2 Å². The number of hydrogen-bond acceptors (Lipinski definition) is 10. The summed E-state index contributed by atoms with van der Waals surface area (Å²) in [5.74, 6) is -0.352. The molecule has 274 valence electrons. The highest BCUT2D eigenvalue weighted by molar-refractivity contribution is 7.89. The standard InChI is InChI=1S/C33H41F3N10O4S/c1-43-27-17-22(3-4-25(27)29(42-43)26-5-6-28(47)40-31(26)48)21-7-12-44(13-8-21)11-2-16-51(49,50)45-14-9-24(10-15-45)39-32-37-18-23-19-38-46(30(23)41-32)20-33(34,35)36/h3-4,17-19,21,24,26H,2,5-16,20H2,1H3,(H,37,39,41)(H,40,47,48). The van der Waals surface area contributed by atoms with Gasteiger partial charge in [0.2, 0.25) is 27.8 Å². The highest BCUT2D eigenvalue weighted by atomic mass is 32.2. The van der Waals surface area contributed by atoms with E-state index in [1.54, 1.807) is 0 Å². The molecule has 3 aliphatic rings. The molecular formula is C33H41F3N10O4S. The van der Waals surface area contributed by atoms with Crippen LogP contribution in [0, 0.1) is 0 Å². The zero-order valence-corrected chi connectivity index (χ0v) is 29.1. The molecule has 1 aromatic carbocycles. The van der Waals surface area contributed by atoms with Crippen LogP contribution < -0.4 is 10.6 Å². The normalized spacial score (nSPS) is 20.7. The number of aryl methyl sites for hydroxylation is 1. The van der Waals surface area contributed by atoms with Crippen LogP contribution in [0.15, 0.2) is 30.6 Å². The zero-order chi connectivity index (χ0) is 35.9. The molecule has 14 nitrogen and oxygen atoms in total. The Bertz CT molecular complexity index is 2030. The smallest absolute Gasteiger partial charge is 0.351 e. The second kappa shape index (κ2) is 14.1. The quantitative estimate of drug-likeness (QED) is 0.232. The van der Waals surface area contributed by atoms with Crippen LogP contribution in [0.4, 0.5) is 19.1 Å². The van der Waals surface area contributed by atoms with E-state index in [4.69, 9.17) is 0 Å². The first-order valence-corrected chi connectivity index (χ1v) is 19.0. The first kappa shape index (κ1) is 35.3. The van der Waals surface area contributed by atoms with Crippen LogP contribution in [0.5, 0.6) is 0 Å². The van der Waals surface area contributed by atoms with Crippen LogP contribution in [0.2, 0.25) is 0 Å². The average molecular weight is 731 g/mol. The third kappa shape index (κ3) is 7.86. The first-order chi connectivity index (χ1) is 24.3. The van der Waals surface area contributed by atoms with E-state index < -0.39 is 28.7 Å². The van der Waals surface area contributed by atoms with Crippen LogP contribution in [0.25, 0.3) is 21.9 Å². The number of anilines is 1. The molecule has 4 aromatic rings. The van der Waals surface area contributed by atoms with E-state index >= 15 is 0 Å². The summed E-state index contributed by atoms with van der Waals surface area (Å²) in [4.78, 5) is 34.9. The molecule has 0 saturated carbocycles. The summed E-state index contributed by atoms with van der Waals surface area (Å²) in [5.41, 5.74) is 2.97. The van der Waals surface area contributed by atoms with Gasteiger partial charge < -0.3 is 10.2 Å². The van der Waals surface area contributed by atoms with Crippen molar-refractivity contribution in [2.75, 3.05) is 43.8 Å². The fourth-order valence-electron chi connectivity index (χ4n) is 7.54. The maximum atomic E-state index is 13.2. The molecule has 7 rings (SSSR count). The van der Waals surface area contributed by atoms with E-state index in [0.717, 1.165) is 41.5 Å². The number of hydrogen-bond donors (Lipinski definition) is 2. The molecule has 3 aromatic heterocycles. The first-order valence-electron chi connectivity index (χ1n) is 17.4. The van der Waals surface area contributed by atoms with E-state index in [2.05, 4.69) is 47.8 Å². The minimum Gasteiger partial charge on any atom is -0.351 e. The van der Waals surface area contributed by atoms with Crippen molar-refractivity contribution in [2.45, 2.75) is 75.5 Å². The number of fused-ring (bicyclic) bond motifs is 2. The van der Waals surface area contributed by atoms with Gasteiger partial charge in [-0.25, -0.2) is 22.4 Å². The molecule has 6 heterocycles. The number of carbonyl (C=O) groups excluding carboxylic acids is 2. The minimum absolute atomic E-state index is 0.0701. The van der Waals surface area contributed by atoms with Gasteiger partial charge in [-0.1, -0.05) is 12.1 Å². The topological polar surface area (TPSA) is 160 Å². The molecule has 2 N–H and O–H groups in total. The Kier molecular flexibility index (Phi) is 9.75. The summed E-state index contributed by atoms with van der Waals surface area (Å²) in [7, 11) is -1.56. The van der Waals surface area contributed by atoms with Crippen molar-refractivity contribution in [3.63, 3.8) is 0 Å². The monoisotopic (exact) mass is 730 g/mol. The van der Waals surface area contributed by atoms with E-state index in [0.29, 0.717) is 68.7 Å². The van der Waals surface area contributed by atoms with Gasteiger partial charge in [-0.05, 0) is 75.7 Å². The summed E-state index contributed by atoms with van der Waals surface area (Å²) in [6.45, 7) is 1.88. The van der Waals surface area contributed by atoms with Crippen LogP contribution in [-0.4, -0.2) is 110 Å². The molecule has 3 aliphatic heterocycles. The third-order valence-corrected chi connectivity index (χ3v) is 12.3. The zero-order valence-electron chi connectivity index (χ0n) is 28.3. The summed E-state index contributed by atoms with van der Waals surface area (Å²) >= 11 is 0. The molecule has 18 heteroatoms. The van der Waals surface area contributed by atoms with E-state index in [1.807, 2.05) is 17.8 Å². The number of benzene rings is 1. The number of alkyl halides is 3. The van der Waals surface area contributed by atoms with Gasteiger partial charge in [-0.3, -0.25) is 19.6 Å². The molecule has 3 fully saturated rings. The van der Waals surface area contributed by atoms with Crippen molar-refractivity contribution in [3.8, 4) is 0 Å². The number of nitrogens with zero attached hydrogens (tertiary/aromatic N) is 8. The van der Waals surface area contributed by atoms with Gasteiger partial charge in [0.05, 0.1) is 34.5 Å². The second-order valence-electron chi connectivity index (χ2n) is 13.8. The van der Waals surface area contributed by atoms with Crippen molar-refractivity contribution >= 4 is 49.7 Å². The number of sulfonamides is 1. The summed E-state index contributed by atoms with van der Waals surface area (Å²) in [6, 6.07) is 6.20. The van der Waals surface area contributed by atoms with Crippen molar-refractivity contribution in [1.82, 2.24) is 44.1 Å². The number of imide groups is 1. The number of aromatic nitrogens is 6. The predicted molar refractivity (Wildman–Crippen MR) is 182 cm³/mol. The minimum atomic E-state index is -4.43. The van der Waals surface area contributed by atoms with Crippen molar-refractivity contribution in [2.24, 2.45) is 7.05 Å². The fourth-order valence-corrected chi connectivity index (χ4v) is 9.06. The molecule has 0 spiro atoms. The highest BCUT2D eigenvalue weighted by Crippen LogP contribution is 2.34. The lowest BCUT2D eigenvalue weighted by atomic mass is 9.88. The van der Waals surface area contributed by atoms with Gasteiger partial charge in [0.1, 0.15) is 6.54 Å². The van der Waals surface area contributed by atoms with Gasteiger partial charge in [-0.15, -0.1) is 0 Å². The largest absolute Gasteiger partial charge is 0.408 e. The van der Waals surface area contributed by atoms with Gasteiger partial charge in [0.25, 0.3) is 0 Å². The van der Waals surface area contributed by atoms with Crippen LogP contribution in [-0.2, 0) is 33.2 Å². The molecular weight excluding hydrogens is 689 g/mol. The van der Waals surface area contributed by atoms with Gasteiger partial charge in [0, 0.05) is 44.2 Å². The van der Waals surface area contributed by atoms with Crippen molar-refractivity contribution in [3.05, 3.63) is 41.9 Å². The third-order valence-electron chi connectivity index (χ3n) is 10.3.